The highest BCUT2D eigenvalue weighted by molar-refractivity contribution is 5.72. The Labute approximate surface area is 194 Å². The second-order valence-corrected chi connectivity index (χ2v) is 9.20. The summed E-state index contributed by atoms with van der Waals surface area (Å²) in [4.78, 5) is 15.0. The lowest BCUT2D eigenvalue weighted by Crippen LogP contribution is -2.26. The van der Waals surface area contributed by atoms with Crippen molar-refractivity contribution in [2.24, 2.45) is 5.92 Å². The Morgan fingerprint density at radius 3 is 1.84 bits per heavy atom. The van der Waals surface area contributed by atoms with Crippen LogP contribution in [0.15, 0.2) is 0 Å². The van der Waals surface area contributed by atoms with Crippen molar-refractivity contribution in [3.05, 3.63) is 0 Å². The number of ether oxygens (including phenoxy) is 1. The van der Waals surface area contributed by atoms with Crippen LogP contribution in [0.3, 0.4) is 0 Å². The van der Waals surface area contributed by atoms with Crippen LogP contribution < -0.4 is 0 Å². The van der Waals surface area contributed by atoms with E-state index in [9.17, 15) is 4.79 Å². The number of unbranched alkanes of at least 4 members (excludes halogenated alkanes) is 11. The fourth-order valence-corrected chi connectivity index (χ4v) is 4.17. The Kier molecular flexibility index (Phi) is 23.6. The van der Waals surface area contributed by atoms with E-state index in [1.165, 1.54) is 70.6 Å². The van der Waals surface area contributed by atoms with E-state index >= 15 is 0 Å². The fourth-order valence-electron chi connectivity index (χ4n) is 4.17. The lowest BCUT2D eigenvalue weighted by atomic mass is 9.94. The van der Waals surface area contributed by atoms with Crippen molar-refractivity contribution in [2.75, 3.05) is 32.8 Å². The van der Waals surface area contributed by atoms with E-state index in [4.69, 9.17) is 9.84 Å². The van der Waals surface area contributed by atoms with Gasteiger partial charge in [-0.05, 0) is 45.2 Å². The normalized spacial score (nSPS) is 12.4. The van der Waals surface area contributed by atoms with Gasteiger partial charge in [-0.1, -0.05) is 97.8 Å². The SMILES string of the molecule is CCCCCCCCC(CCCCCC)C(=O)OCCCCCCN(CC)CCCO. The first kappa shape index (κ1) is 30.4. The van der Waals surface area contributed by atoms with Gasteiger partial charge in [0.05, 0.1) is 12.5 Å². The molecule has 0 aromatic carbocycles. The second kappa shape index (κ2) is 24.0. The third kappa shape index (κ3) is 19.8. The van der Waals surface area contributed by atoms with E-state index < -0.39 is 0 Å². The summed E-state index contributed by atoms with van der Waals surface area (Å²) in [5.41, 5.74) is 0. The Morgan fingerprint density at radius 1 is 0.710 bits per heavy atom. The number of aliphatic hydroxyl groups is 1. The molecule has 0 amide bonds. The van der Waals surface area contributed by atoms with Crippen molar-refractivity contribution in [2.45, 2.75) is 130 Å². The molecule has 4 heteroatoms. The molecule has 0 saturated heterocycles. The highest BCUT2D eigenvalue weighted by Gasteiger charge is 2.19. The van der Waals surface area contributed by atoms with E-state index in [-0.39, 0.29) is 18.5 Å². The largest absolute Gasteiger partial charge is 0.465 e. The predicted octanol–water partition coefficient (Wildman–Crippen LogP) is 7.13. The highest BCUT2D eigenvalue weighted by Crippen LogP contribution is 2.20. The van der Waals surface area contributed by atoms with Gasteiger partial charge in [-0.25, -0.2) is 0 Å². The van der Waals surface area contributed by atoms with Crippen LogP contribution in [0.2, 0.25) is 0 Å². The quantitative estimate of drug-likeness (QED) is 0.128. The number of hydrogen-bond acceptors (Lipinski definition) is 4. The van der Waals surface area contributed by atoms with E-state index in [0.717, 1.165) is 58.2 Å². The maximum absolute atomic E-state index is 12.6. The van der Waals surface area contributed by atoms with Crippen molar-refractivity contribution in [1.82, 2.24) is 4.90 Å². The minimum absolute atomic E-state index is 0.0613. The Bertz CT molecular complexity index is 375. The molecular weight excluding hydrogens is 386 g/mol. The molecule has 1 unspecified atom stereocenters. The zero-order valence-electron chi connectivity index (χ0n) is 21.3. The van der Waals surface area contributed by atoms with Crippen molar-refractivity contribution in [1.29, 1.82) is 0 Å². The van der Waals surface area contributed by atoms with Gasteiger partial charge in [0, 0.05) is 13.2 Å². The standard InChI is InChI=1S/C27H55NO3/c1-4-7-9-11-12-16-21-26(20-15-10-8-5-2)27(30)31-25-18-14-13-17-22-28(6-3)23-19-24-29/h26,29H,4-25H2,1-3H3. The van der Waals surface area contributed by atoms with Gasteiger partial charge in [0.15, 0.2) is 0 Å². The van der Waals surface area contributed by atoms with Gasteiger partial charge in [-0.3, -0.25) is 4.79 Å². The maximum atomic E-state index is 12.6. The van der Waals surface area contributed by atoms with Crippen LogP contribution >= 0.6 is 0 Å². The molecule has 0 fully saturated rings. The number of nitrogens with zero attached hydrogens (tertiary/aromatic N) is 1. The fraction of sp³-hybridized carbons (Fsp3) is 0.963. The van der Waals surface area contributed by atoms with Crippen LogP contribution in [-0.4, -0.2) is 48.8 Å². The van der Waals surface area contributed by atoms with Crippen molar-refractivity contribution < 1.29 is 14.6 Å². The first-order valence-corrected chi connectivity index (χ1v) is 13.7. The summed E-state index contributed by atoms with van der Waals surface area (Å²) in [5.74, 6) is 0.180. The number of aliphatic hydroxyl groups excluding tert-OH is 1. The Hall–Kier alpha value is -0.610. The van der Waals surface area contributed by atoms with Crippen LogP contribution in [0.1, 0.15) is 130 Å². The molecule has 0 heterocycles. The molecule has 31 heavy (non-hydrogen) atoms. The Morgan fingerprint density at radius 2 is 1.23 bits per heavy atom. The number of rotatable bonds is 24. The van der Waals surface area contributed by atoms with Gasteiger partial charge in [-0.2, -0.15) is 0 Å². The molecule has 0 aromatic heterocycles. The number of carbonyl (C=O) groups is 1. The zero-order chi connectivity index (χ0) is 23.0. The minimum atomic E-state index is 0.0613. The first-order chi connectivity index (χ1) is 15.2. The summed E-state index contributed by atoms with van der Waals surface area (Å²) in [5, 5.41) is 8.96. The van der Waals surface area contributed by atoms with E-state index in [2.05, 4.69) is 25.7 Å². The Balaban J connectivity index is 3.99. The molecule has 0 spiro atoms. The molecular formula is C27H55NO3. The third-order valence-electron chi connectivity index (χ3n) is 6.34. The molecule has 1 N–H and O–H groups in total. The average molecular weight is 442 g/mol. The summed E-state index contributed by atoms with van der Waals surface area (Å²) in [7, 11) is 0. The minimum Gasteiger partial charge on any atom is -0.465 e. The van der Waals surface area contributed by atoms with Crippen LogP contribution in [0.4, 0.5) is 0 Å². The molecule has 0 aliphatic rings. The molecule has 186 valence electrons. The highest BCUT2D eigenvalue weighted by atomic mass is 16.5. The van der Waals surface area contributed by atoms with Gasteiger partial charge in [0.25, 0.3) is 0 Å². The molecule has 0 aromatic rings. The smallest absolute Gasteiger partial charge is 0.308 e. The monoisotopic (exact) mass is 441 g/mol. The van der Waals surface area contributed by atoms with Gasteiger partial charge in [-0.15, -0.1) is 0 Å². The van der Waals surface area contributed by atoms with E-state index in [1.54, 1.807) is 0 Å². The number of hydrogen-bond donors (Lipinski definition) is 1. The third-order valence-corrected chi connectivity index (χ3v) is 6.34. The molecule has 4 nitrogen and oxygen atoms in total. The molecule has 0 aliphatic carbocycles. The number of esters is 1. The molecule has 0 bridgehead atoms. The van der Waals surface area contributed by atoms with Crippen molar-refractivity contribution in [3.63, 3.8) is 0 Å². The lowest BCUT2D eigenvalue weighted by Gasteiger charge is -2.19. The zero-order valence-corrected chi connectivity index (χ0v) is 21.3. The number of carbonyl (C=O) groups excluding carboxylic acids is 1. The summed E-state index contributed by atoms with van der Waals surface area (Å²) >= 11 is 0. The molecule has 0 radical (unpaired) electrons. The predicted molar refractivity (Wildman–Crippen MR) is 133 cm³/mol. The van der Waals surface area contributed by atoms with Gasteiger partial charge in [0.1, 0.15) is 0 Å². The summed E-state index contributed by atoms with van der Waals surface area (Å²) in [6.45, 7) is 10.7. The van der Waals surface area contributed by atoms with Gasteiger partial charge >= 0.3 is 5.97 Å². The van der Waals surface area contributed by atoms with Crippen molar-refractivity contribution >= 4 is 5.97 Å². The first-order valence-electron chi connectivity index (χ1n) is 13.7. The van der Waals surface area contributed by atoms with Crippen LogP contribution in [0, 0.1) is 5.92 Å². The van der Waals surface area contributed by atoms with E-state index in [1.807, 2.05) is 0 Å². The van der Waals surface area contributed by atoms with Crippen LogP contribution in [0.25, 0.3) is 0 Å². The molecule has 0 rings (SSSR count). The summed E-state index contributed by atoms with van der Waals surface area (Å²) < 4.78 is 5.68. The molecule has 0 saturated carbocycles. The van der Waals surface area contributed by atoms with Crippen LogP contribution in [0.5, 0.6) is 0 Å². The second-order valence-electron chi connectivity index (χ2n) is 9.20. The van der Waals surface area contributed by atoms with E-state index in [0.29, 0.717) is 6.61 Å². The molecule has 0 aliphatic heterocycles. The molecule has 1 atom stereocenters. The lowest BCUT2D eigenvalue weighted by molar-refractivity contribution is -0.149. The van der Waals surface area contributed by atoms with Crippen LogP contribution in [-0.2, 0) is 9.53 Å². The maximum Gasteiger partial charge on any atom is 0.308 e. The summed E-state index contributed by atoms with van der Waals surface area (Å²) in [6, 6.07) is 0. The van der Waals surface area contributed by atoms with Crippen molar-refractivity contribution in [3.8, 4) is 0 Å². The van der Waals surface area contributed by atoms with Gasteiger partial charge < -0.3 is 14.7 Å². The van der Waals surface area contributed by atoms with Gasteiger partial charge in [0.2, 0.25) is 0 Å². The topological polar surface area (TPSA) is 49.8 Å². The summed E-state index contributed by atoms with van der Waals surface area (Å²) in [6.07, 6.45) is 20.0. The average Bonchev–Trinajstić information content (AvgIpc) is 2.78.